The van der Waals surface area contributed by atoms with Gasteiger partial charge in [0.1, 0.15) is 0 Å². The van der Waals surface area contributed by atoms with Crippen LogP contribution >= 0.6 is 12.2 Å². The van der Waals surface area contributed by atoms with E-state index in [2.05, 4.69) is 15.8 Å². The van der Waals surface area contributed by atoms with Crippen LogP contribution in [0.4, 0.5) is 11.4 Å². The molecule has 7 heteroatoms. The van der Waals surface area contributed by atoms with Gasteiger partial charge in [-0.15, -0.1) is 0 Å². The van der Waals surface area contributed by atoms with Crippen LogP contribution in [0.2, 0.25) is 0 Å². The maximum atomic E-state index is 10.7. The number of thiocarbonyl (C=S) groups is 1. The van der Waals surface area contributed by atoms with Gasteiger partial charge in [-0.2, -0.15) is 5.10 Å². The van der Waals surface area contributed by atoms with Gasteiger partial charge >= 0.3 is 0 Å². The van der Waals surface area contributed by atoms with Crippen LogP contribution in [0.5, 0.6) is 0 Å². The number of hydrogen-bond donors (Lipinski definition) is 2. The van der Waals surface area contributed by atoms with E-state index in [0.29, 0.717) is 10.7 Å². The SMILES string of the molecule is Cc1cccc(NC(=S)N/N=C\c2cccc([N+](=O)[O-])c2)c1C. The summed E-state index contributed by atoms with van der Waals surface area (Å²) in [5.41, 5.74) is 6.51. The van der Waals surface area contributed by atoms with Crippen molar-refractivity contribution in [1.82, 2.24) is 5.43 Å². The average Bonchev–Trinajstić information content (AvgIpc) is 2.52. The number of benzene rings is 2. The molecule has 0 saturated carbocycles. The van der Waals surface area contributed by atoms with Crippen LogP contribution in [0.1, 0.15) is 16.7 Å². The van der Waals surface area contributed by atoms with E-state index in [9.17, 15) is 10.1 Å². The molecule has 0 atom stereocenters. The number of rotatable bonds is 4. The van der Waals surface area contributed by atoms with Crippen molar-refractivity contribution < 1.29 is 4.92 Å². The van der Waals surface area contributed by atoms with Crippen LogP contribution in [0, 0.1) is 24.0 Å². The molecule has 2 rings (SSSR count). The van der Waals surface area contributed by atoms with Gasteiger partial charge in [0.2, 0.25) is 0 Å². The zero-order valence-electron chi connectivity index (χ0n) is 12.7. The molecular weight excluding hydrogens is 312 g/mol. The Kier molecular flexibility index (Phi) is 5.37. The van der Waals surface area contributed by atoms with Crippen molar-refractivity contribution in [2.24, 2.45) is 5.10 Å². The summed E-state index contributed by atoms with van der Waals surface area (Å²) in [5, 5.41) is 18.1. The number of non-ortho nitro benzene ring substituents is 1. The number of aryl methyl sites for hydroxylation is 1. The Hall–Kier alpha value is -2.80. The standard InChI is InChI=1S/C16H16N4O2S/c1-11-5-3-8-15(12(11)2)18-16(23)19-17-10-13-6-4-7-14(9-13)20(21)22/h3-10H,1-2H3,(H2,18,19,23)/b17-10-. The zero-order valence-corrected chi connectivity index (χ0v) is 13.6. The summed E-state index contributed by atoms with van der Waals surface area (Å²) in [4.78, 5) is 10.3. The minimum absolute atomic E-state index is 0.0186. The van der Waals surface area contributed by atoms with E-state index >= 15 is 0 Å². The van der Waals surface area contributed by atoms with Gasteiger partial charge in [0.25, 0.3) is 5.69 Å². The molecule has 0 bridgehead atoms. The van der Waals surface area contributed by atoms with Crippen LogP contribution in [-0.4, -0.2) is 16.3 Å². The molecule has 0 aliphatic heterocycles. The highest BCUT2D eigenvalue weighted by Crippen LogP contribution is 2.17. The molecule has 0 aliphatic rings. The van der Waals surface area contributed by atoms with Crippen molar-refractivity contribution in [2.75, 3.05) is 5.32 Å². The average molecular weight is 328 g/mol. The molecule has 118 valence electrons. The van der Waals surface area contributed by atoms with Gasteiger partial charge < -0.3 is 5.32 Å². The molecule has 0 saturated heterocycles. The maximum Gasteiger partial charge on any atom is 0.270 e. The third kappa shape index (κ3) is 4.58. The number of anilines is 1. The molecule has 0 unspecified atom stereocenters. The largest absolute Gasteiger partial charge is 0.331 e. The number of hydrazone groups is 1. The zero-order chi connectivity index (χ0) is 16.8. The molecule has 6 nitrogen and oxygen atoms in total. The monoisotopic (exact) mass is 328 g/mol. The summed E-state index contributed by atoms with van der Waals surface area (Å²) >= 11 is 5.18. The van der Waals surface area contributed by atoms with Gasteiger partial charge in [0.05, 0.1) is 11.1 Å². The lowest BCUT2D eigenvalue weighted by molar-refractivity contribution is -0.384. The van der Waals surface area contributed by atoms with E-state index < -0.39 is 4.92 Å². The number of nitro groups is 1. The van der Waals surface area contributed by atoms with Crippen molar-refractivity contribution in [3.8, 4) is 0 Å². The first-order valence-electron chi connectivity index (χ1n) is 6.88. The normalized spacial score (nSPS) is 10.5. The molecule has 23 heavy (non-hydrogen) atoms. The first-order valence-corrected chi connectivity index (χ1v) is 7.29. The van der Waals surface area contributed by atoms with Crippen molar-refractivity contribution in [3.63, 3.8) is 0 Å². The molecule has 0 aliphatic carbocycles. The smallest absolute Gasteiger partial charge is 0.270 e. The summed E-state index contributed by atoms with van der Waals surface area (Å²) in [6.45, 7) is 4.03. The number of nitro benzene ring substituents is 1. The highest BCUT2D eigenvalue weighted by Gasteiger charge is 2.04. The van der Waals surface area contributed by atoms with E-state index in [1.54, 1.807) is 12.1 Å². The minimum atomic E-state index is -0.447. The fourth-order valence-electron chi connectivity index (χ4n) is 1.92. The Labute approximate surface area is 139 Å². The van der Waals surface area contributed by atoms with E-state index in [-0.39, 0.29) is 5.69 Å². The van der Waals surface area contributed by atoms with Crippen molar-refractivity contribution in [2.45, 2.75) is 13.8 Å². The fraction of sp³-hybridized carbons (Fsp3) is 0.125. The Balaban J connectivity index is 1.97. The molecule has 2 aromatic rings. The van der Waals surface area contributed by atoms with Crippen LogP contribution in [0.3, 0.4) is 0 Å². The van der Waals surface area contributed by atoms with E-state index in [1.807, 2.05) is 32.0 Å². The molecule has 0 radical (unpaired) electrons. The quantitative estimate of drug-likeness (QED) is 0.388. The van der Waals surface area contributed by atoms with Gasteiger partial charge in [0.15, 0.2) is 5.11 Å². The second-order valence-corrected chi connectivity index (χ2v) is 5.33. The molecule has 0 amide bonds. The first-order chi connectivity index (χ1) is 11.0. The Morgan fingerprint density at radius 1 is 1.26 bits per heavy atom. The minimum Gasteiger partial charge on any atom is -0.331 e. The summed E-state index contributed by atoms with van der Waals surface area (Å²) in [5.74, 6) is 0. The van der Waals surface area contributed by atoms with Crippen molar-refractivity contribution >= 4 is 34.9 Å². The lowest BCUT2D eigenvalue weighted by Crippen LogP contribution is -2.24. The van der Waals surface area contributed by atoms with Gasteiger partial charge in [-0.05, 0) is 43.3 Å². The molecule has 0 heterocycles. The highest BCUT2D eigenvalue weighted by atomic mass is 32.1. The number of nitrogens with zero attached hydrogens (tertiary/aromatic N) is 2. The van der Waals surface area contributed by atoms with Crippen LogP contribution in [0.15, 0.2) is 47.6 Å². The van der Waals surface area contributed by atoms with Crippen molar-refractivity contribution in [1.29, 1.82) is 0 Å². The predicted octanol–water partition coefficient (Wildman–Crippen LogP) is 3.53. The molecule has 2 N–H and O–H groups in total. The number of nitrogens with one attached hydrogen (secondary N) is 2. The molecule has 2 aromatic carbocycles. The Bertz CT molecular complexity index is 774. The number of hydrogen-bond acceptors (Lipinski definition) is 4. The summed E-state index contributed by atoms with van der Waals surface area (Å²) in [6.07, 6.45) is 1.48. The fourth-order valence-corrected chi connectivity index (χ4v) is 2.08. The lowest BCUT2D eigenvalue weighted by atomic mass is 10.1. The Morgan fingerprint density at radius 2 is 2.00 bits per heavy atom. The second kappa shape index (κ2) is 7.46. The van der Waals surface area contributed by atoms with Gasteiger partial charge in [-0.25, -0.2) is 0 Å². The highest BCUT2D eigenvalue weighted by molar-refractivity contribution is 7.80. The van der Waals surface area contributed by atoms with E-state index in [4.69, 9.17) is 12.2 Å². The molecular formula is C16H16N4O2S. The summed E-state index contributed by atoms with van der Waals surface area (Å²) in [7, 11) is 0. The molecule has 0 spiro atoms. The predicted molar refractivity (Wildman–Crippen MR) is 96.0 cm³/mol. The van der Waals surface area contributed by atoms with Gasteiger partial charge in [-0.1, -0.05) is 24.3 Å². The molecule has 0 fully saturated rings. The maximum absolute atomic E-state index is 10.7. The summed E-state index contributed by atoms with van der Waals surface area (Å²) in [6, 6.07) is 12.1. The van der Waals surface area contributed by atoms with Gasteiger partial charge in [-0.3, -0.25) is 15.5 Å². The molecule has 0 aromatic heterocycles. The second-order valence-electron chi connectivity index (χ2n) is 4.92. The van der Waals surface area contributed by atoms with Crippen LogP contribution in [0.25, 0.3) is 0 Å². The van der Waals surface area contributed by atoms with E-state index in [1.165, 1.54) is 18.3 Å². The lowest BCUT2D eigenvalue weighted by Gasteiger charge is -2.11. The topological polar surface area (TPSA) is 79.6 Å². The van der Waals surface area contributed by atoms with Crippen LogP contribution in [-0.2, 0) is 0 Å². The summed E-state index contributed by atoms with van der Waals surface area (Å²) < 4.78 is 0. The van der Waals surface area contributed by atoms with Crippen molar-refractivity contribution in [3.05, 3.63) is 69.3 Å². The third-order valence-electron chi connectivity index (χ3n) is 3.31. The Morgan fingerprint density at radius 3 is 2.74 bits per heavy atom. The first kappa shape index (κ1) is 16.6. The van der Waals surface area contributed by atoms with Crippen LogP contribution < -0.4 is 10.7 Å². The third-order valence-corrected chi connectivity index (χ3v) is 3.51. The van der Waals surface area contributed by atoms with Gasteiger partial charge in [0, 0.05) is 23.4 Å². The van der Waals surface area contributed by atoms with E-state index in [0.717, 1.165) is 16.8 Å².